The Hall–Kier alpha value is -1.49. The molecule has 0 saturated carbocycles. The number of benzene rings is 1. The molecule has 2 aromatic rings. The molecule has 1 amide bonds. The van der Waals surface area contributed by atoms with Gasteiger partial charge >= 0.3 is 0 Å². The average molecular weight is 342 g/mol. The van der Waals surface area contributed by atoms with Crippen LogP contribution in [-0.2, 0) is 17.6 Å². The molecular weight excluding hydrogens is 325 g/mol. The molecule has 4 nitrogen and oxygen atoms in total. The monoisotopic (exact) mass is 341 g/mol. The Bertz CT molecular complexity index is 614. The van der Waals surface area contributed by atoms with E-state index in [1.807, 2.05) is 6.07 Å². The van der Waals surface area contributed by atoms with E-state index in [1.165, 1.54) is 0 Å². The number of aliphatic hydroxyl groups is 1. The maximum Gasteiger partial charge on any atom is 0.224 e. The van der Waals surface area contributed by atoms with E-state index < -0.39 is 0 Å². The van der Waals surface area contributed by atoms with Gasteiger partial charge in [0, 0.05) is 35.5 Å². The molecule has 0 aliphatic rings. The van der Waals surface area contributed by atoms with Gasteiger partial charge in [0.15, 0.2) is 0 Å². The van der Waals surface area contributed by atoms with Crippen molar-refractivity contribution in [2.24, 2.45) is 5.92 Å². The molecule has 0 aliphatic heterocycles. The maximum absolute atomic E-state index is 12.0. The van der Waals surface area contributed by atoms with Gasteiger partial charge in [-0.2, -0.15) is 0 Å². The first kappa shape index (κ1) is 16.9. The molecular formula is C16H17Cl2NO3. The van der Waals surface area contributed by atoms with Crippen molar-refractivity contribution in [3.05, 3.63) is 58.0 Å². The van der Waals surface area contributed by atoms with Crippen molar-refractivity contribution < 1.29 is 14.3 Å². The lowest BCUT2D eigenvalue weighted by Crippen LogP contribution is -2.32. The van der Waals surface area contributed by atoms with E-state index in [2.05, 4.69) is 5.32 Å². The topological polar surface area (TPSA) is 62.5 Å². The van der Waals surface area contributed by atoms with Gasteiger partial charge in [0.2, 0.25) is 5.91 Å². The lowest BCUT2D eigenvalue weighted by atomic mass is 10.0. The average Bonchev–Trinajstić information content (AvgIpc) is 2.99. The third-order valence-corrected chi connectivity index (χ3v) is 3.87. The fourth-order valence-corrected chi connectivity index (χ4v) is 2.55. The van der Waals surface area contributed by atoms with Crippen LogP contribution in [0.5, 0.6) is 0 Å². The van der Waals surface area contributed by atoms with Crippen molar-refractivity contribution in [3.63, 3.8) is 0 Å². The van der Waals surface area contributed by atoms with Crippen LogP contribution in [0.25, 0.3) is 0 Å². The van der Waals surface area contributed by atoms with Crippen LogP contribution in [0.3, 0.4) is 0 Å². The lowest BCUT2D eigenvalue weighted by Gasteiger charge is -2.14. The van der Waals surface area contributed by atoms with Crippen LogP contribution in [0.1, 0.15) is 11.3 Å². The Morgan fingerprint density at radius 2 is 2.14 bits per heavy atom. The Kier molecular flexibility index (Phi) is 6.31. The number of nitrogens with one attached hydrogen (secondary N) is 1. The number of halogens is 2. The number of carbonyl (C=O) groups excluding carboxylic acids is 1. The number of furan rings is 1. The molecule has 2 N–H and O–H groups in total. The third kappa shape index (κ3) is 5.05. The minimum absolute atomic E-state index is 0.0251. The van der Waals surface area contributed by atoms with Crippen molar-refractivity contribution in [3.8, 4) is 0 Å². The summed E-state index contributed by atoms with van der Waals surface area (Å²) in [4.78, 5) is 12.0. The van der Waals surface area contributed by atoms with E-state index in [0.717, 1.165) is 11.3 Å². The van der Waals surface area contributed by atoms with Gasteiger partial charge in [0.1, 0.15) is 5.76 Å². The van der Waals surface area contributed by atoms with Crippen LogP contribution in [-0.4, -0.2) is 24.2 Å². The lowest BCUT2D eigenvalue weighted by molar-refractivity contribution is -0.120. The molecule has 1 aromatic carbocycles. The highest BCUT2D eigenvalue weighted by Gasteiger charge is 2.13. The summed E-state index contributed by atoms with van der Waals surface area (Å²) in [6.45, 7) is 0.351. The second-order valence-electron chi connectivity index (χ2n) is 5.05. The zero-order valence-corrected chi connectivity index (χ0v) is 13.4. The summed E-state index contributed by atoms with van der Waals surface area (Å²) in [7, 11) is 0. The number of aliphatic hydroxyl groups excluding tert-OH is 1. The fourth-order valence-electron chi connectivity index (χ4n) is 2.07. The summed E-state index contributed by atoms with van der Waals surface area (Å²) >= 11 is 11.9. The summed E-state index contributed by atoms with van der Waals surface area (Å²) in [6, 6.07) is 8.68. The molecule has 22 heavy (non-hydrogen) atoms. The van der Waals surface area contributed by atoms with Crippen molar-refractivity contribution in [2.75, 3.05) is 13.2 Å². The second kappa shape index (κ2) is 8.22. The number of hydrogen-bond acceptors (Lipinski definition) is 3. The van der Waals surface area contributed by atoms with Gasteiger partial charge in [-0.15, -0.1) is 0 Å². The van der Waals surface area contributed by atoms with Crippen LogP contribution < -0.4 is 5.32 Å². The van der Waals surface area contributed by atoms with Crippen molar-refractivity contribution >= 4 is 29.1 Å². The Labute approximate surface area is 139 Å². The highest BCUT2D eigenvalue weighted by atomic mass is 35.5. The van der Waals surface area contributed by atoms with Gasteiger partial charge < -0.3 is 14.8 Å². The quantitative estimate of drug-likeness (QED) is 0.813. The zero-order valence-electron chi connectivity index (χ0n) is 11.9. The first-order chi connectivity index (χ1) is 10.6. The van der Waals surface area contributed by atoms with Gasteiger partial charge in [0.05, 0.1) is 12.7 Å². The van der Waals surface area contributed by atoms with Crippen LogP contribution in [0, 0.1) is 5.92 Å². The van der Waals surface area contributed by atoms with Crippen LogP contribution in [0.4, 0.5) is 0 Å². The first-order valence-corrected chi connectivity index (χ1v) is 7.68. The minimum Gasteiger partial charge on any atom is -0.469 e. The van der Waals surface area contributed by atoms with E-state index in [1.54, 1.807) is 30.5 Å². The van der Waals surface area contributed by atoms with Gasteiger partial charge in [-0.05, 0) is 29.8 Å². The third-order valence-electron chi connectivity index (χ3n) is 3.28. The van der Waals surface area contributed by atoms with Crippen molar-refractivity contribution in [1.29, 1.82) is 0 Å². The summed E-state index contributed by atoms with van der Waals surface area (Å²) in [5.41, 5.74) is 0.718. The normalized spacial score (nSPS) is 12.1. The summed E-state index contributed by atoms with van der Waals surface area (Å²) in [5, 5.41) is 13.2. The largest absolute Gasteiger partial charge is 0.469 e. The molecule has 118 valence electrons. The molecule has 0 saturated heterocycles. The van der Waals surface area contributed by atoms with Gasteiger partial charge in [-0.3, -0.25) is 4.79 Å². The molecule has 0 fully saturated rings. The number of hydrogen-bond donors (Lipinski definition) is 2. The predicted molar refractivity (Wildman–Crippen MR) is 86.2 cm³/mol. The van der Waals surface area contributed by atoms with Crippen molar-refractivity contribution in [2.45, 2.75) is 12.8 Å². The first-order valence-electron chi connectivity index (χ1n) is 6.92. The SMILES string of the molecule is O=C(Cc1ccc(Cl)cc1Cl)NCC(CO)Cc1ccco1. The molecule has 1 atom stereocenters. The molecule has 0 spiro atoms. The summed E-state index contributed by atoms with van der Waals surface area (Å²) in [5.74, 6) is 0.548. The second-order valence-corrected chi connectivity index (χ2v) is 5.89. The smallest absolute Gasteiger partial charge is 0.224 e. The predicted octanol–water partition coefficient (Wildman–Crippen LogP) is 3.10. The Morgan fingerprint density at radius 1 is 1.32 bits per heavy atom. The Morgan fingerprint density at radius 3 is 2.77 bits per heavy atom. The fraction of sp³-hybridized carbons (Fsp3) is 0.312. The van der Waals surface area contributed by atoms with E-state index in [-0.39, 0.29) is 24.9 Å². The van der Waals surface area contributed by atoms with E-state index in [9.17, 15) is 9.90 Å². The standard InChI is InChI=1S/C16H17Cl2NO3/c17-13-4-3-12(15(18)8-13)7-16(21)19-9-11(10-20)6-14-2-1-5-22-14/h1-5,8,11,20H,6-7,9-10H2,(H,19,21). The molecule has 6 heteroatoms. The highest BCUT2D eigenvalue weighted by Crippen LogP contribution is 2.21. The van der Waals surface area contributed by atoms with E-state index >= 15 is 0 Å². The molecule has 0 radical (unpaired) electrons. The van der Waals surface area contributed by atoms with E-state index in [4.69, 9.17) is 27.6 Å². The van der Waals surface area contributed by atoms with Crippen LogP contribution >= 0.6 is 23.2 Å². The number of carbonyl (C=O) groups is 1. The molecule has 1 heterocycles. The van der Waals surface area contributed by atoms with E-state index in [0.29, 0.717) is 23.0 Å². The molecule has 1 unspecified atom stereocenters. The van der Waals surface area contributed by atoms with Gasteiger partial charge in [-0.1, -0.05) is 29.3 Å². The molecule has 0 aliphatic carbocycles. The van der Waals surface area contributed by atoms with Crippen molar-refractivity contribution in [1.82, 2.24) is 5.32 Å². The Balaban J connectivity index is 1.83. The molecule has 0 bridgehead atoms. The molecule has 2 rings (SSSR count). The summed E-state index contributed by atoms with van der Waals surface area (Å²) < 4.78 is 5.24. The minimum atomic E-state index is -0.151. The number of rotatable bonds is 7. The number of amides is 1. The zero-order chi connectivity index (χ0) is 15.9. The summed E-state index contributed by atoms with van der Waals surface area (Å²) in [6.07, 6.45) is 2.34. The maximum atomic E-state index is 12.0. The van der Waals surface area contributed by atoms with Crippen LogP contribution in [0.15, 0.2) is 41.0 Å². The van der Waals surface area contributed by atoms with Gasteiger partial charge in [0.25, 0.3) is 0 Å². The molecule has 1 aromatic heterocycles. The van der Waals surface area contributed by atoms with Gasteiger partial charge in [-0.25, -0.2) is 0 Å². The van der Waals surface area contributed by atoms with Crippen LogP contribution in [0.2, 0.25) is 10.0 Å². The highest BCUT2D eigenvalue weighted by molar-refractivity contribution is 6.35.